The maximum absolute atomic E-state index is 12.7. The average Bonchev–Trinajstić information content (AvgIpc) is 3.17. The molecule has 4 rings (SSSR count). The second kappa shape index (κ2) is 7.80. The second-order valence-electron chi connectivity index (χ2n) is 8.05. The highest BCUT2D eigenvalue weighted by Crippen LogP contribution is 2.29. The Morgan fingerprint density at radius 3 is 2.67 bits per heavy atom. The number of amides is 1. The molecule has 6 nitrogen and oxygen atoms in total. The highest BCUT2D eigenvalue weighted by Gasteiger charge is 2.34. The summed E-state index contributed by atoms with van der Waals surface area (Å²) in [5.74, 6) is 0.489. The summed E-state index contributed by atoms with van der Waals surface area (Å²) in [5, 5.41) is 17.1. The molecule has 6 heteroatoms. The molecule has 144 valence electrons. The van der Waals surface area contributed by atoms with Gasteiger partial charge >= 0.3 is 0 Å². The summed E-state index contributed by atoms with van der Waals surface area (Å²) >= 11 is 0. The number of nitrogens with one attached hydrogen (secondary N) is 2. The van der Waals surface area contributed by atoms with E-state index >= 15 is 0 Å². The van der Waals surface area contributed by atoms with E-state index in [0.29, 0.717) is 17.6 Å². The van der Waals surface area contributed by atoms with Gasteiger partial charge in [-0.3, -0.25) is 4.79 Å². The standard InChI is InChI=1S/C21H28N4O2/c26-14-21(10-4-5-11-21)25-19(27)15-8-9-16-13-22-20(24-18(16)12-15)23-17-6-2-1-3-7-17/h8-9,12-13,17,26H,1-7,10-11,14H2,(H,25,27)(H,22,23,24). The Labute approximate surface area is 159 Å². The fraction of sp³-hybridized carbons (Fsp3) is 0.571. The topological polar surface area (TPSA) is 87.1 Å². The maximum Gasteiger partial charge on any atom is 0.251 e. The van der Waals surface area contributed by atoms with Crippen molar-refractivity contribution in [2.24, 2.45) is 0 Å². The summed E-state index contributed by atoms with van der Waals surface area (Å²) < 4.78 is 0. The van der Waals surface area contributed by atoms with E-state index in [0.717, 1.165) is 49.4 Å². The molecule has 1 aromatic carbocycles. The fourth-order valence-electron chi connectivity index (χ4n) is 4.35. The largest absolute Gasteiger partial charge is 0.394 e. The number of aromatic nitrogens is 2. The van der Waals surface area contributed by atoms with Crippen LogP contribution in [-0.4, -0.2) is 39.2 Å². The zero-order chi connectivity index (χ0) is 18.7. The van der Waals surface area contributed by atoms with Gasteiger partial charge in [-0.2, -0.15) is 0 Å². The van der Waals surface area contributed by atoms with Gasteiger partial charge in [0.25, 0.3) is 5.91 Å². The molecule has 1 amide bonds. The molecule has 0 bridgehead atoms. The van der Waals surface area contributed by atoms with Gasteiger partial charge in [0.15, 0.2) is 0 Å². The van der Waals surface area contributed by atoms with Crippen LogP contribution in [0.4, 0.5) is 5.95 Å². The van der Waals surface area contributed by atoms with Gasteiger partial charge < -0.3 is 15.7 Å². The SMILES string of the molecule is O=C(NC1(CO)CCCC1)c1ccc2cnc(NC3CCCCC3)nc2c1. The molecule has 0 unspecified atom stereocenters. The van der Waals surface area contributed by atoms with Crippen molar-refractivity contribution >= 4 is 22.8 Å². The zero-order valence-electron chi connectivity index (χ0n) is 15.7. The zero-order valence-corrected chi connectivity index (χ0v) is 15.7. The Hall–Kier alpha value is -2.21. The van der Waals surface area contributed by atoms with Crippen LogP contribution in [0.3, 0.4) is 0 Å². The van der Waals surface area contributed by atoms with E-state index in [9.17, 15) is 9.90 Å². The number of nitrogens with zero attached hydrogens (tertiary/aromatic N) is 2. The Balaban J connectivity index is 1.52. The first-order chi connectivity index (χ1) is 13.2. The molecule has 2 saturated carbocycles. The third kappa shape index (κ3) is 4.05. The van der Waals surface area contributed by atoms with Gasteiger partial charge in [0.2, 0.25) is 5.95 Å². The molecule has 1 aromatic heterocycles. The summed E-state index contributed by atoms with van der Waals surface area (Å²) in [4.78, 5) is 21.8. The monoisotopic (exact) mass is 368 g/mol. The molecule has 2 aliphatic rings. The van der Waals surface area contributed by atoms with E-state index in [1.54, 1.807) is 12.3 Å². The van der Waals surface area contributed by atoms with Gasteiger partial charge in [0.1, 0.15) is 0 Å². The van der Waals surface area contributed by atoms with Crippen LogP contribution in [0.15, 0.2) is 24.4 Å². The first-order valence-electron chi connectivity index (χ1n) is 10.1. The van der Waals surface area contributed by atoms with Crippen LogP contribution in [0.5, 0.6) is 0 Å². The minimum atomic E-state index is -0.467. The molecule has 2 fully saturated rings. The lowest BCUT2D eigenvalue weighted by Crippen LogP contribution is -2.49. The molecular formula is C21H28N4O2. The minimum Gasteiger partial charge on any atom is -0.394 e. The minimum absolute atomic E-state index is 0.00997. The van der Waals surface area contributed by atoms with Gasteiger partial charge in [0.05, 0.1) is 17.7 Å². The maximum atomic E-state index is 12.7. The third-order valence-electron chi connectivity index (χ3n) is 6.03. The van der Waals surface area contributed by atoms with Crippen molar-refractivity contribution in [3.05, 3.63) is 30.0 Å². The molecule has 0 atom stereocenters. The van der Waals surface area contributed by atoms with Gasteiger partial charge in [-0.25, -0.2) is 9.97 Å². The summed E-state index contributed by atoms with van der Waals surface area (Å²) in [6.45, 7) is -0.00997. The van der Waals surface area contributed by atoms with E-state index in [2.05, 4.69) is 20.6 Å². The Morgan fingerprint density at radius 2 is 1.93 bits per heavy atom. The Kier molecular flexibility index (Phi) is 5.25. The first kappa shape index (κ1) is 18.2. The van der Waals surface area contributed by atoms with Crippen LogP contribution in [0.25, 0.3) is 10.9 Å². The number of benzene rings is 1. The smallest absolute Gasteiger partial charge is 0.251 e. The van der Waals surface area contributed by atoms with Crippen LogP contribution in [0.1, 0.15) is 68.1 Å². The summed E-state index contributed by atoms with van der Waals surface area (Å²) in [7, 11) is 0. The van der Waals surface area contributed by atoms with E-state index in [1.807, 2.05) is 12.1 Å². The third-order valence-corrected chi connectivity index (χ3v) is 6.03. The Morgan fingerprint density at radius 1 is 1.15 bits per heavy atom. The molecular weight excluding hydrogens is 340 g/mol. The van der Waals surface area contributed by atoms with Crippen LogP contribution in [-0.2, 0) is 0 Å². The van der Waals surface area contributed by atoms with Crippen molar-refractivity contribution in [1.29, 1.82) is 0 Å². The molecule has 27 heavy (non-hydrogen) atoms. The number of carbonyl (C=O) groups is 1. The van der Waals surface area contributed by atoms with Gasteiger partial charge in [-0.15, -0.1) is 0 Å². The van der Waals surface area contributed by atoms with Crippen molar-refractivity contribution in [3.8, 4) is 0 Å². The Bertz CT molecular complexity index is 811. The predicted octanol–water partition coefficient (Wildman–Crippen LogP) is 3.41. The van der Waals surface area contributed by atoms with E-state index < -0.39 is 5.54 Å². The lowest BCUT2D eigenvalue weighted by Gasteiger charge is -2.28. The highest BCUT2D eigenvalue weighted by molar-refractivity contribution is 5.98. The lowest BCUT2D eigenvalue weighted by atomic mass is 9.96. The number of fused-ring (bicyclic) bond motifs is 1. The summed E-state index contributed by atoms with van der Waals surface area (Å²) in [6, 6.07) is 5.94. The van der Waals surface area contributed by atoms with Gasteiger partial charge in [-0.05, 0) is 37.8 Å². The van der Waals surface area contributed by atoms with Crippen molar-refractivity contribution < 1.29 is 9.90 Å². The fourth-order valence-corrected chi connectivity index (χ4v) is 4.35. The summed E-state index contributed by atoms with van der Waals surface area (Å²) in [6.07, 6.45) is 11.7. The van der Waals surface area contributed by atoms with Gasteiger partial charge in [-0.1, -0.05) is 38.2 Å². The van der Waals surface area contributed by atoms with Crippen molar-refractivity contribution in [1.82, 2.24) is 15.3 Å². The van der Waals surface area contributed by atoms with Crippen molar-refractivity contribution in [3.63, 3.8) is 0 Å². The van der Waals surface area contributed by atoms with Gasteiger partial charge in [0, 0.05) is 23.2 Å². The number of hydrogen-bond acceptors (Lipinski definition) is 5. The number of anilines is 1. The quantitative estimate of drug-likeness (QED) is 0.753. The highest BCUT2D eigenvalue weighted by atomic mass is 16.3. The molecule has 0 saturated heterocycles. The second-order valence-corrected chi connectivity index (χ2v) is 8.05. The number of aliphatic hydroxyl groups excluding tert-OH is 1. The number of hydrogen-bond donors (Lipinski definition) is 3. The molecule has 2 aromatic rings. The van der Waals surface area contributed by atoms with Crippen LogP contribution in [0.2, 0.25) is 0 Å². The molecule has 1 heterocycles. The van der Waals surface area contributed by atoms with E-state index in [-0.39, 0.29) is 12.5 Å². The molecule has 2 aliphatic carbocycles. The van der Waals surface area contributed by atoms with Crippen molar-refractivity contribution in [2.45, 2.75) is 69.4 Å². The van der Waals surface area contributed by atoms with E-state index in [4.69, 9.17) is 0 Å². The normalized spacial score (nSPS) is 19.9. The molecule has 0 spiro atoms. The van der Waals surface area contributed by atoms with Crippen LogP contribution < -0.4 is 10.6 Å². The predicted molar refractivity (Wildman–Crippen MR) is 106 cm³/mol. The van der Waals surface area contributed by atoms with Crippen LogP contribution >= 0.6 is 0 Å². The van der Waals surface area contributed by atoms with E-state index in [1.165, 1.54) is 19.3 Å². The molecule has 3 N–H and O–H groups in total. The molecule has 0 aliphatic heterocycles. The first-order valence-corrected chi connectivity index (χ1v) is 10.1. The average molecular weight is 368 g/mol. The molecule has 0 radical (unpaired) electrons. The number of aliphatic hydroxyl groups is 1. The lowest BCUT2D eigenvalue weighted by molar-refractivity contribution is 0.0838. The summed E-state index contributed by atoms with van der Waals surface area (Å²) in [5.41, 5.74) is 0.871. The number of rotatable bonds is 5. The van der Waals surface area contributed by atoms with Crippen molar-refractivity contribution in [2.75, 3.05) is 11.9 Å². The number of carbonyl (C=O) groups excluding carboxylic acids is 1. The van der Waals surface area contributed by atoms with Crippen LogP contribution in [0, 0.1) is 0 Å².